The minimum Gasteiger partial charge on any atom is -0.522 e. The fourth-order valence-corrected chi connectivity index (χ4v) is 1.52. The molecule has 0 aliphatic carbocycles. The lowest BCUT2D eigenvalue weighted by Gasteiger charge is -2.12. The zero-order valence-electron chi connectivity index (χ0n) is 10.6. The van der Waals surface area contributed by atoms with Crippen LogP contribution in [0.3, 0.4) is 0 Å². The lowest BCUT2D eigenvalue weighted by Crippen LogP contribution is -2.24. The van der Waals surface area contributed by atoms with Gasteiger partial charge in [0, 0.05) is 18.9 Å². The van der Waals surface area contributed by atoms with Gasteiger partial charge in [0.1, 0.15) is 0 Å². The summed E-state index contributed by atoms with van der Waals surface area (Å²) in [6.45, 7) is 4.61. The predicted molar refractivity (Wildman–Crippen MR) is 69.8 cm³/mol. The Bertz CT molecular complexity index is 475. The molecule has 94 valence electrons. The van der Waals surface area contributed by atoms with Gasteiger partial charge in [0.25, 0.3) is 0 Å². The van der Waals surface area contributed by atoms with Gasteiger partial charge >= 0.3 is 7.12 Å². The molecule has 6 heteroatoms. The summed E-state index contributed by atoms with van der Waals surface area (Å²) in [5, 5.41) is 4.19. The molecule has 0 unspecified atom stereocenters. The number of aromatic nitrogens is 3. The molecule has 18 heavy (non-hydrogen) atoms. The van der Waals surface area contributed by atoms with E-state index in [0.29, 0.717) is 12.5 Å². The molecule has 0 atom stereocenters. The van der Waals surface area contributed by atoms with Crippen LogP contribution >= 0.6 is 0 Å². The molecule has 5 nitrogen and oxygen atoms in total. The van der Waals surface area contributed by atoms with E-state index in [-0.39, 0.29) is 7.12 Å². The van der Waals surface area contributed by atoms with Crippen LogP contribution in [0.4, 0.5) is 0 Å². The molecule has 2 aromatic rings. The molecule has 0 amide bonds. The van der Waals surface area contributed by atoms with Crippen LogP contribution in [0.1, 0.15) is 13.3 Å². The SMILES string of the molecule is CCCOB(C)Oc1ccnn1-c1ccccn1. The highest BCUT2D eigenvalue weighted by Crippen LogP contribution is 2.15. The molecular weight excluding hydrogens is 229 g/mol. The van der Waals surface area contributed by atoms with Crippen LogP contribution in [0.5, 0.6) is 5.88 Å². The van der Waals surface area contributed by atoms with E-state index in [9.17, 15) is 0 Å². The topological polar surface area (TPSA) is 49.2 Å². The molecule has 0 radical (unpaired) electrons. The first-order valence-electron chi connectivity index (χ1n) is 6.05. The van der Waals surface area contributed by atoms with Crippen molar-refractivity contribution in [1.29, 1.82) is 0 Å². The van der Waals surface area contributed by atoms with Crippen LogP contribution in [-0.4, -0.2) is 28.5 Å². The second-order valence-corrected chi connectivity index (χ2v) is 3.83. The Morgan fingerprint density at radius 2 is 2.17 bits per heavy atom. The quantitative estimate of drug-likeness (QED) is 0.732. The second kappa shape index (κ2) is 6.21. The summed E-state index contributed by atoms with van der Waals surface area (Å²) >= 11 is 0. The van der Waals surface area contributed by atoms with Gasteiger partial charge in [-0.25, -0.2) is 4.98 Å². The lowest BCUT2D eigenvalue weighted by molar-refractivity contribution is 0.266. The molecule has 2 heterocycles. The Labute approximate surface area is 107 Å². The molecule has 0 bridgehead atoms. The minimum absolute atomic E-state index is 0.302. The van der Waals surface area contributed by atoms with Gasteiger partial charge in [0.15, 0.2) is 5.82 Å². The lowest BCUT2D eigenvalue weighted by atomic mass is 9.95. The second-order valence-electron chi connectivity index (χ2n) is 3.83. The summed E-state index contributed by atoms with van der Waals surface area (Å²) in [6, 6.07) is 7.43. The molecule has 0 saturated heterocycles. The standard InChI is InChI=1S/C12H16BN3O2/c1-3-10-17-13(2)18-12-7-9-15-16(12)11-6-4-5-8-14-11/h4-9H,3,10H2,1-2H3. The first kappa shape index (κ1) is 12.6. The van der Waals surface area contributed by atoms with E-state index in [1.54, 1.807) is 23.1 Å². The van der Waals surface area contributed by atoms with Gasteiger partial charge in [-0.2, -0.15) is 9.78 Å². The highest BCUT2D eigenvalue weighted by Gasteiger charge is 2.15. The van der Waals surface area contributed by atoms with Gasteiger partial charge in [0.05, 0.1) is 6.20 Å². The molecule has 0 fully saturated rings. The summed E-state index contributed by atoms with van der Waals surface area (Å²) in [7, 11) is -0.302. The van der Waals surface area contributed by atoms with Crippen molar-refractivity contribution in [3.8, 4) is 11.7 Å². The molecule has 0 aliphatic rings. The molecule has 0 saturated carbocycles. The van der Waals surface area contributed by atoms with Crippen molar-refractivity contribution in [1.82, 2.24) is 14.8 Å². The van der Waals surface area contributed by atoms with Gasteiger partial charge in [0.2, 0.25) is 5.88 Å². The third-order valence-corrected chi connectivity index (χ3v) is 2.32. The average Bonchev–Trinajstić information content (AvgIpc) is 2.85. The van der Waals surface area contributed by atoms with E-state index in [2.05, 4.69) is 17.0 Å². The van der Waals surface area contributed by atoms with Crippen LogP contribution in [-0.2, 0) is 4.65 Å². The normalized spacial score (nSPS) is 10.3. The van der Waals surface area contributed by atoms with E-state index in [1.165, 1.54) is 0 Å². The van der Waals surface area contributed by atoms with Gasteiger partial charge in [-0.1, -0.05) is 13.0 Å². The first-order chi connectivity index (χ1) is 8.81. The predicted octanol–water partition coefficient (Wildman–Crippen LogP) is 2.19. The third-order valence-electron chi connectivity index (χ3n) is 2.32. The maximum atomic E-state index is 5.68. The monoisotopic (exact) mass is 245 g/mol. The van der Waals surface area contributed by atoms with E-state index < -0.39 is 0 Å². The van der Waals surface area contributed by atoms with Crippen LogP contribution in [0.25, 0.3) is 5.82 Å². The molecule has 0 N–H and O–H groups in total. The highest BCUT2D eigenvalue weighted by atomic mass is 16.6. The van der Waals surface area contributed by atoms with Crippen molar-refractivity contribution < 1.29 is 9.31 Å². The van der Waals surface area contributed by atoms with Gasteiger partial charge < -0.3 is 9.31 Å². The Balaban J connectivity index is 2.09. The largest absolute Gasteiger partial charge is 0.522 e. The Morgan fingerprint density at radius 1 is 1.28 bits per heavy atom. The summed E-state index contributed by atoms with van der Waals surface area (Å²) in [5.74, 6) is 1.34. The Kier molecular flexibility index (Phi) is 4.36. The fraction of sp³-hybridized carbons (Fsp3) is 0.333. The highest BCUT2D eigenvalue weighted by molar-refractivity contribution is 6.43. The maximum Gasteiger partial charge on any atom is 0.522 e. The van der Waals surface area contributed by atoms with E-state index in [1.807, 2.05) is 25.0 Å². The Hall–Kier alpha value is -1.82. The number of rotatable bonds is 6. The molecule has 2 rings (SSSR count). The minimum atomic E-state index is -0.302. The van der Waals surface area contributed by atoms with Crippen LogP contribution in [0, 0.1) is 0 Å². The molecule has 0 aromatic carbocycles. The van der Waals surface area contributed by atoms with Crippen LogP contribution in [0.15, 0.2) is 36.7 Å². The molecule has 0 aliphatic heterocycles. The Morgan fingerprint density at radius 3 is 2.89 bits per heavy atom. The average molecular weight is 245 g/mol. The summed E-state index contributed by atoms with van der Waals surface area (Å²) in [5.41, 5.74) is 0. The number of pyridine rings is 1. The number of nitrogens with zero attached hydrogens (tertiary/aromatic N) is 3. The molecule has 0 spiro atoms. The van der Waals surface area contributed by atoms with Crippen molar-refractivity contribution in [2.75, 3.05) is 6.61 Å². The van der Waals surface area contributed by atoms with Crippen LogP contribution < -0.4 is 4.65 Å². The number of hydrogen-bond acceptors (Lipinski definition) is 4. The van der Waals surface area contributed by atoms with Crippen molar-refractivity contribution in [3.05, 3.63) is 36.7 Å². The summed E-state index contributed by atoms with van der Waals surface area (Å²) in [6.07, 6.45) is 4.36. The molecular formula is C12H16BN3O2. The van der Waals surface area contributed by atoms with E-state index in [0.717, 1.165) is 12.2 Å². The summed E-state index contributed by atoms with van der Waals surface area (Å²) in [4.78, 5) is 4.23. The van der Waals surface area contributed by atoms with E-state index >= 15 is 0 Å². The van der Waals surface area contributed by atoms with E-state index in [4.69, 9.17) is 9.31 Å². The smallest absolute Gasteiger partial charge is 0.522 e. The van der Waals surface area contributed by atoms with Gasteiger partial charge in [-0.15, -0.1) is 0 Å². The van der Waals surface area contributed by atoms with Crippen molar-refractivity contribution in [2.24, 2.45) is 0 Å². The van der Waals surface area contributed by atoms with Crippen molar-refractivity contribution in [3.63, 3.8) is 0 Å². The van der Waals surface area contributed by atoms with Crippen LogP contribution in [0.2, 0.25) is 6.82 Å². The zero-order valence-corrected chi connectivity index (χ0v) is 10.6. The molecule has 2 aromatic heterocycles. The maximum absolute atomic E-state index is 5.68. The van der Waals surface area contributed by atoms with Gasteiger partial charge in [-0.05, 0) is 25.4 Å². The van der Waals surface area contributed by atoms with Crippen molar-refractivity contribution in [2.45, 2.75) is 20.2 Å². The van der Waals surface area contributed by atoms with Crippen molar-refractivity contribution >= 4 is 7.12 Å². The zero-order chi connectivity index (χ0) is 12.8. The number of hydrogen-bond donors (Lipinski definition) is 0. The third kappa shape index (κ3) is 3.10. The fourth-order valence-electron chi connectivity index (χ4n) is 1.52. The van der Waals surface area contributed by atoms with Gasteiger partial charge in [-0.3, -0.25) is 0 Å². The first-order valence-corrected chi connectivity index (χ1v) is 6.05. The summed E-state index contributed by atoms with van der Waals surface area (Å²) < 4.78 is 12.8.